The number of allylic oxidation sites excluding steroid dienone is 3. The van der Waals surface area contributed by atoms with Crippen molar-refractivity contribution in [1.29, 1.82) is 0 Å². The van der Waals surface area contributed by atoms with Gasteiger partial charge in [0.05, 0.1) is 37.1 Å². The molecule has 3 saturated carbocycles. The fourth-order valence-electron chi connectivity index (χ4n) is 10.3. The second-order valence-electron chi connectivity index (χ2n) is 17.5. The van der Waals surface area contributed by atoms with Crippen LogP contribution in [0.15, 0.2) is 28.8 Å². The van der Waals surface area contributed by atoms with Crippen molar-refractivity contribution in [2.45, 2.75) is 151 Å². The molecule has 12 atom stereocenters. The zero-order valence-electron chi connectivity index (χ0n) is 32.7. The lowest BCUT2D eigenvalue weighted by Crippen LogP contribution is -2.71. The van der Waals surface area contributed by atoms with E-state index in [9.17, 15) is 35.4 Å². The molecule has 6 rings (SSSR count). The molecule has 5 fully saturated rings. The Bertz CT molecular complexity index is 1300. The Morgan fingerprint density at radius 2 is 1.82 bits per heavy atom. The molecule has 12 unspecified atom stereocenters. The lowest BCUT2D eigenvalue weighted by atomic mass is 9.69. The summed E-state index contributed by atoms with van der Waals surface area (Å²) in [5.74, 6) is -0.143. The first-order valence-electron chi connectivity index (χ1n) is 21.2. The van der Waals surface area contributed by atoms with Crippen molar-refractivity contribution in [3.8, 4) is 0 Å². The van der Waals surface area contributed by atoms with E-state index in [2.05, 4.69) is 27.8 Å². The summed E-state index contributed by atoms with van der Waals surface area (Å²) in [7, 11) is 1.95. The van der Waals surface area contributed by atoms with Crippen LogP contribution in [0.5, 0.6) is 0 Å². The van der Waals surface area contributed by atoms with Gasteiger partial charge in [-0.3, -0.25) is 0 Å². The molecule has 0 bridgehead atoms. The van der Waals surface area contributed by atoms with Crippen molar-refractivity contribution in [2.75, 3.05) is 33.3 Å². The van der Waals surface area contributed by atoms with Crippen LogP contribution in [-0.2, 0) is 19.0 Å². The number of hydrogen-bond donors (Lipinski definition) is 8. The summed E-state index contributed by atoms with van der Waals surface area (Å²) in [6.45, 7) is 3.34. The van der Waals surface area contributed by atoms with E-state index in [4.69, 9.17) is 14.2 Å². The van der Waals surface area contributed by atoms with Gasteiger partial charge in [-0.1, -0.05) is 31.4 Å². The molecular formula is C42H68N3O10+. The van der Waals surface area contributed by atoms with Crippen molar-refractivity contribution in [3.05, 3.63) is 30.3 Å². The minimum Gasteiger partial charge on any atom is -0.479 e. The lowest BCUT2D eigenvalue weighted by Gasteiger charge is -2.50. The van der Waals surface area contributed by atoms with Crippen LogP contribution in [0.2, 0.25) is 0 Å². The number of rotatable bonds is 17. The van der Waals surface area contributed by atoms with Crippen LogP contribution in [0.3, 0.4) is 0 Å². The van der Waals surface area contributed by atoms with Gasteiger partial charge in [-0.2, -0.15) is 0 Å². The van der Waals surface area contributed by atoms with Gasteiger partial charge in [0.25, 0.3) is 0 Å². The smallest absolute Gasteiger partial charge is 0.335 e. The fourth-order valence-corrected chi connectivity index (χ4v) is 10.3. The van der Waals surface area contributed by atoms with Gasteiger partial charge in [0, 0.05) is 31.2 Å². The molecule has 6 aliphatic rings. The first-order chi connectivity index (χ1) is 26.6. The Morgan fingerprint density at radius 3 is 2.53 bits per heavy atom. The van der Waals surface area contributed by atoms with Crippen LogP contribution in [0.25, 0.3) is 0 Å². The Morgan fingerprint density at radius 1 is 1.04 bits per heavy atom. The predicted octanol–water partition coefficient (Wildman–Crippen LogP) is 2.88. The molecule has 3 aliphatic carbocycles. The molecule has 13 heteroatoms. The summed E-state index contributed by atoms with van der Waals surface area (Å²) >= 11 is 0. The molecule has 0 radical (unpaired) electrons. The lowest BCUT2D eigenvalue weighted by molar-refractivity contribution is -0.345. The summed E-state index contributed by atoms with van der Waals surface area (Å²) in [6, 6.07) is 0. The van der Waals surface area contributed by atoms with E-state index < -0.39 is 48.4 Å². The van der Waals surface area contributed by atoms with E-state index in [1.807, 2.05) is 19.3 Å². The van der Waals surface area contributed by atoms with Gasteiger partial charge in [-0.25, -0.2) is 4.79 Å². The maximum atomic E-state index is 12.2. The SMILES string of the molecule is CNCCC(CC=CC1CCCCC1)C(CNCC1(O)C(OC2CCC3C(C2)OCC(C2CCC(O)CC2)C3O)OC(C(=O)O)C(O)C1O)CC1=C[CH+]N=C1. The van der Waals surface area contributed by atoms with Crippen LogP contribution in [-0.4, -0.2) is 131 Å². The number of fused-ring (bicyclic) bond motifs is 1. The Labute approximate surface area is 327 Å². The molecular weight excluding hydrogens is 706 g/mol. The van der Waals surface area contributed by atoms with Crippen LogP contribution in [0.1, 0.15) is 96.3 Å². The number of nitrogens with one attached hydrogen (secondary N) is 2. The molecule has 3 heterocycles. The van der Waals surface area contributed by atoms with E-state index in [-0.39, 0.29) is 36.5 Å². The van der Waals surface area contributed by atoms with Gasteiger partial charge < -0.3 is 55.5 Å². The largest absolute Gasteiger partial charge is 0.479 e. The molecule has 310 valence electrons. The highest BCUT2D eigenvalue weighted by atomic mass is 16.7. The standard InChI is InChI=1S/C42H67N3O10/c1-43-18-17-28(9-5-8-26-6-3-2-4-7-26)30(20-27-16-19-44-22-27)23-45-25-42(52)39(49)37(48)38(40(50)51)55-41(42)54-32-14-15-33-35(21-32)53-24-34(36(33)47)29-10-12-31(46)13-11-29/h5,8,16,19,22,26,28-39,41,43,45-49,52H,2-4,6-7,9-15,17-18,20-21,23-25H2,1H3/p+1. The zero-order chi connectivity index (χ0) is 39.0. The minimum absolute atomic E-state index is 0.0157. The normalized spacial score (nSPS) is 39.7. The molecule has 0 aromatic heterocycles. The average molecular weight is 775 g/mol. The van der Waals surface area contributed by atoms with Crippen LogP contribution >= 0.6 is 0 Å². The van der Waals surface area contributed by atoms with Crippen molar-refractivity contribution in [3.63, 3.8) is 0 Å². The van der Waals surface area contributed by atoms with E-state index in [0.29, 0.717) is 50.2 Å². The predicted molar refractivity (Wildman–Crippen MR) is 207 cm³/mol. The molecule has 2 saturated heterocycles. The van der Waals surface area contributed by atoms with Gasteiger partial charge in [0.15, 0.2) is 24.2 Å². The van der Waals surface area contributed by atoms with Crippen molar-refractivity contribution in [2.24, 2.45) is 40.5 Å². The van der Waals surface area contributed by atoms with E-state index in [1.54, 1.807) is 6.54 Å². The third kappa shape index (κ3) is 10.8. The molecule has 55 heavy (non-hydrogen) atoms. The van der Waals surface area contributed by atoms with Gasteiger partial charge in [0.2, 0.25) is 0 Å². The number of aliphatic imine (C=N–C) groups is 1. The van der Waals surface area contributed by atoms with Crippen LogP contribution in [0, 0.1) is 42.1 Å². The van der Waals surface area contributed by atoms with Gasteiger partial charge >= 0.3 is 5.97 Å². The molecule has 0 spiro atoms. The molecule has 0 amide bonds. The molecule has 0 aromatic carbocycles. The Hall–Kier alpha value is -1.91. The number of nitrogens with zero attached hydrogens (tertiary/aromatic N) is 1. The van der Waals surface area contributed by atoms with Crippen molar-refractivity contribution in [1.82, 2.24) is 10.6 Å². The maximum absolute atomic E-state index is 12.2. The number of aliphatic carboxylic acids is 1. The third-order valence-corrected chi connectivity index (χ3v) is 13.8. The van der Waals surface area contributed by atoms with E-state index in [0.717, 1.165) is 57.1 Å². The molecule has 13 nitrogen and oxygen atoms in total. The van der Waals surface area contributed by atoms with Crippen molar-refractivity contribution >= 4 is 12.2 Å². The zero-order valence-corrected chi connectivity index (χ0v) is 32.7. The molecule has 3 aliphatic heterocycles. The highest BCUT2D eigenvalue weighted by Gasteiger charge is 2.58. The maximum Gasteiger partial charge on any atom is 0.335 e. The number of carboxylic acid groups (broad SMARTS) is 1. The van der Waals surface area contributed by atoms with Crippen LogP contribution in [0.4, 0.5) is 0 Å². The number of carbonyl (C=O) groups is 1. The number of ether oxygens (including phenoxy) is 3. The van der Waals surface area contributed by atoms with Crippen molar-refractivity contribution < 1.29 is 49.6 Å². The Kier molecular flexibility index (Phi) is 15.7. The summed E-state index contributed by atoms with van der Waals surface area (Å²) in [6.07, 6.45) is 13.7. The summed E-state index contributed by atoms with van der Waals surface area (Å²) in [4.78, 5) is 16.4. The molecule has 0 aromatic rings. The van der Waals surface area contributed by atoms with Gasteiger partial charge in [0.1, 0.15) is 24.3 Å². The number of carboxylic acids is 1. The average Bonchev–Trinajstić information content (AvgIpc) is 3.70. The third-order valence-electron chi connectivity index (χ3n) is 13.8. The topological polar surface area (TPSA) is 203 Å². The van der Waals surface area contributed by atoms with Gasteiger partial charge in [-0.15, -0.1) is 4.99 Å². The molecule has 8 N–H and O–H groups in total. The number of hydrogen-bond acceptors (Lipinski definition) is 12. The van der Waals surface area contributed by atoms with E-state index >= 15 is 0 Å². The fraction of sp³-hybridized carbons (Fsp3) is 0.833. The number of aliphatic hydroxyl groups is 5. The quantitative estimate of drug-likeness (QED) is 0.0795. The minimum atomic E-state index is -2.17. The highest BCUT2D eigenvalue weighted by molar-refractivity contribution is 5.82. The number of aliphatic hydroxyl groups excluding tert-OH is 4. The highest BCUT2D eigenvalue weighted by Crippen LogP contribution is 2.44. The monoisotopic (exact) mass is 774 g/mol. The summed E-state index contributed by atoms with van der Waals surface area (Å²) in [5, 5.41) is 72.5. The van der Waals surface area contributed by atoms with Gasteiger partial charge in [-0.05, 0) is 108 Å². The summed E-state index contributed by atoms with van der Waals surface area (Å²) in [5.41, 5.74) is -1.05. The Balaban J connectivity index is 1.12. The van der Waals surface area contributed by atoms with E-state index in [1.165, 1.54) is 32.1 Å². The summed E-state index contributed by atoms with van der Waals surface area (Å²) < 4.78 is 18.5. The first kappa shape index (κ1) is 42.7. The first-order valence-corrected chi connectivity index (χ1v) is 21.2. The second kappa shape index (κ2) is 20.2. The second-order valence-corrected chi connectivity index (χ2v) is 17.5. The van der Waals surface area contributed by atoms with Crippen LogP contribution < -0.4 is 10.6 Å².